The van der Waals surface area contributed by atoms with Crippen molar-refractivity contribution >= 4 is 17.5 Å². The Hall–Kier alpha value is -3.44. The van der Waals surface area contributed by atoms with Crippen LogP contribution in [0.4, 0.5) is 5.69 Å². The summed E-state index contributed by atoms with van der Waals surface area (Å²) < 4.78 is 0. The summed E-state index contributed by atoms with van der Waals surface area (Å²) in [5.74, 6) is -2.25. The lowest BCUT2D eigenvalue weighted by Gasteiger charge is -2.15. The number of nitrogens with one attached hydrogen (secondary N) is 2. The van der Waals surface area contributed by atoms with Gasteiger partial charge in [0.15, 0.2) is 0 Å². The van der Waals surface area contributed by atoms with E-state index in [0.717, 1.165) is 16.7 Å². The number of benzene rings is 3. The third-order valence-corrected chi connectivity index (χ3v) is 4.29. The summed E-state index contributed by atoms with van der Waals surface area (Å²) in [5, 5.41) is 11.7. The summed E-state index contributed by atoms with van der Waals surface area (Å²) in [6.45, 7) is 0. The summed E-state index contributed by atoms with van der Waals surface area (Å²) in [6, 6.07) is 26.5. The maximum Gasteiger partial charge on any atom is 0.256 e. The van der Waals surface area contributed by atoms with E-state index in [9.17, 15) is 9.59 Å². The minimum absolute atomic E-state index is 0.196. The van der Waals surface area contributed by atoms with Gasteiger partial charge in [0.2, 0.25) is 5.91 Å². The molecule has 1 atom stereocenters. The Bertz CT molecular complexity index is 894. The van der Waals surface area contributed by atoms with Crippen molar-refractivity contribution in [3.63, 3.8) is 0 Å². The van der Waals surface area contributed by atoms with Gasteiger partial charge >= 0.3 is 0 Å². The number of hydroxylamine groups is 1. The molecule has 136 valence electrons. The van der Waals surface area contributed by atoms with Crippen molar-refractivity contribution in [3.8, 4) is 11.1 Å². The van der Waals surface area contributed by atoms with E-state index in [1.165, 1.54) is 0 Å². The summed E-state index contributed by atoms with van der Waals surface area (Å²) in [6.07, 6.45) is 0.196. The van der Waals surface area contributed by atoms with E-state index >= 15 is 0 Å². The Labute approximate surface area is 157 Å². The molecule has 0 aliphatic carbocycles. The third kappa shape index (κ3) is 4.80. The van der Waals surface area contributed by atoms with Gasteiger partial charge in [0.1, 0.15) is 5.92 Å². The van der Waals surface area contributed by atoms with E-state index in [2.05, 4.69) is 5.32 Å². The molecule has 0 saturated heterocycles. The highest BCUT2D eigenvalue weighted by molar-refractivity contribution is 6.06. The molecule has 3 aromatic carbocycles. The highest BCUT2D eigenvalue weighted by Gasteiger charge is 2.26. The second-order valence-electron chi connectivity index (χ2n) is 6.15. The summed E-state index contributed by atoms with van der Waals surface area (Å²) in [5.41, 5.74) is 5.11. The van der Waals surface area contributed by atoms with E-state index in [1.807, 2.05) is 72.8 Å². The third-order valence-electron chi connectivity index (χ3n) is 4.29. The molecule has 0 heterocycles. The molecule has 0 aliphatic rings. The molecule has 0 radical (unpaired) electrons. The van der Waals surface area contributed by atoms with Crippen LogP contribution < -0.4 is 10.8 Å². The van der Waals surface area contributed by atoms with Crippen molar-refractivity contribution in [2.24, 2.45) is 5.92 Å². The first-order valence-corrected chi connectivity index (χ1v) is 8.61. The first-order valence-electron chi connectivity index (χ1n) is 8.61. The molecule has 0 fully saturated rings. The minimum Gasteiger partial charge on any atom is -0.325 e. The molecule has 0 bridgehead atoms. The van der Waals surface area contributed by atoms with Gasteiger partial charge in [-0.2, -0.15) is 0 Å². The molecular formula is C22H20N2O3. The molecule has 0 spiro atoms. The Morgan fingerprint density at radius 2 is 1.30 bits per heavy atom. The van der Waals surface area contributed by atoms with Crippen molar-refractivity contribution in [2.45, 2.75) is 6.42 Å². The molecule has 1 unspecified atom stereocenters. The van der Waals surface area contributed by atoms with Crippen molar-refractivity contribution in [2.75, 3.05) is 5.32 Å². The first-order chi connectivity index (χ1) is 13.2. The molecule has 3 aromatic rings. The van der Waals surface area contributed by atoms with Crippen LogP contribution in [0, 0.1) is 5.92 Å². The summed E-state index contributed by atoms with van der Waals surface area (Å²) in [4.78, 5) is 24.6. The normalized spacial score (nSPS) is 11.4. The van der Waals surface area contributed by atoms with E-state index < -0.39 is 17.7 Å². The zero-order valence-electron chi connectivity index (χ0n) is 14.6. The van der Waals surface area contributed by atoms with Crippen LogP contribution >= 0.6 is 0 Å². The smallest absolute Gasteiger partial charge is 0.256 e. The SMILES string of the molecule is O=C(NO)C(Cc1ccccc1)C(=O)Nc1ccc(-c2ccccc2)cc1. The van der Waals surface area contributed by atoms with Gasteiger partial charge < -0.3 is 5.32 Å². The molecule has 0 saturated carbocycles. The van der Waals surface area contributed by atoms with Gasteiger partial charge in [0, 0.05) is 5.69 Å². The van der Waals surface area contributed by atoms with Crippen LogP contribution in [-0.4, -0.2) is 17.0 Å². The maximum absolute atomic E-state index is 12.6. The predicted molar refractivity (Wildman–Crippen MR) is 104 cm³/mol. The average Bonchev–Trinajstić information content (AvgIpc) is 2.73. The molecule has 3 rings (SSSR count). The molecule has 5 nitrogen and oxygen atoms in total. The van der Waals surface area contributed by atoms with Gasteiger partial charge in [-0.15, -0.1) is 0 Å². The summed E-state index contributed by atoms with van der Waals surface area (Å²) in [7, 11) is 0. The van der Waals surface area contributed by atoms with Crippen LogP contribution in [0.2, 0.25) is 0 Å². The standard InChI is InChI=1S/C22H20N2O3/c25-21(20(22(26)24-27)15-16-7-3-1-4-8-16)23-19-13-11-18(12-14-19)17-9-5-2-6-10-17/h1-14,20,27H,15H2,(H,23,25)(H,24,26). The van der Waals surface area contributed by atoms with Gasteiger partial charge in [0.25, 0.3) is 5.91 Å². The van der Waals surface area contributed by atoms with Gasteiger partial charge in [-0.1, -0.05) is 72.8 Å². The number of amides is 2. The van der Waals surface area contributed by atoms with Crippen LogP contribution in [0.15, 0.2) is 84.9 Å². The van der Waals surface area contributed by atoms with Crippen LogP contribution in [0.1, 0.15) is 5.56 Å². The van der Waals surface area contributed by atoms with E-state index in [4.69, 9.17) is 5.21 Å². The first kappa shape index (κ1) is 18.4. The van der Waals surface area contributed by atoms with Gasteiger partial charge in [-0.05, 0) is 35.2 Å². The number of carbonyl (C=O) groups is 2. The number of hydrogen-bond acceptors (Lipinski definition) is 3. The second kappa shape index (κ2) is 8.78. The zero-order chi connectivity index (χ0) is 19.1. The Morgan fingerprint density at radius 3 is 1.89 bits per heavy atom. The molecule has 2 amide bonds. The monoisotopic (exact) mass is 360 g/mol. The predicted octanol–water partition coefficient (Wildman–Crippen LogP) is 3.66. The zero-order valence-corrected chi connectivity index (χ0v) is 14.6. The highest BCUT2D eigenvalue weighted by atomic mass is 16.5. The Balaban J connectivity index is 1.72. The fourth-order valence-corrected chi connectivity index (χ4v) is 2.84. The number of hydrogen-bond donors (Lipinski definition) is 3. The lowest BCUT2D eigenvalue weighted by atomic mass is 9.97. The molecule has 27 heavy (non-hydrogen) atoms. The minimum atomic E-state index is -1.04. The van der Waals surface area contributed by atoms with Crippen molar-refractivity contribution in [1.29, 1.82) is 0 Å². The van der Waals surface area contributed by atoms with Crippen molar-refractivity contribution in [3.05, 3.63) is 90.5 Å². The highest BCUT2D eigenvalue weighted by Crippen LogP contribution is 2.21. The van der Waals surface area contributed by atoms with Gasteiger partial charge in [0.05, 0.1) is 0 Å². The Kier molecular flexibility index (Phi) is 5.97. The molecule has 0 aromatic heterocycles. The Morgan fingerprint density at radius 1 is 0.741 bits per heavy atom. The van der Waals surface area contributed by atoms with Gasteiger partial charge in [-0.3, -0.25) is 14.8 Å². The van der Waals surface area contributed by atoms with E-state index in [1.54, 1.807) is 17.6 Å². The van der Waals surface area contributed by atoms with Crippen molar-refractivity contribution < 1.29 is 14.8 Å². The van der Waals surface area contributed by atoms with Crippen LogP contribution in [0.3, 0.4) is 0 Å². The topological polar surface area (TPSA) is 78.4 Å². The van der Waals surface area contributed by atoms with Crippen molar-refractivity contribution in [1.82, 2.24) is 5.48 Å². The van der Waals surface area contributed by atoms with Gasteiger partial charge in [-0.25, -0.2) is 5.48 Å². The van der Waals surface area contributed by atoms with E-state index in [-0.39, 0.29) is 6.42 Å². The number of rotatable bonds is 6. The maximum atomic E-state index is 12.6. The second-order valence-corrected chi connectivity index (χ2v) is 6.15. The quantitative estimate of drug-likeness (QED) is 0.357. The molecule has 3 N–H and O–H groups in total. The lowest BCUT2D eigenvalue weighted by molar-refractivity contribution is -0.138. The number of carbonyl (C=O) groups excluding carboxylic acids is 2. The molecule has 5 heteroatoms. The van der Waals surface area contributed by atoms with Crippen LogP contribution in [-0.2, 0) is 16.0 Å². The summed E-state index contributed by atoms with van der Waals surface area (Å²) >= 11 is 0. The fraction of sp³-hybridized carbons (Fsp3) is 0.0909. The fourth-order valence-electron chi connectivity index (χ4n) is 2.84. The largest absolute Gasteiger partial charge is 0.325 e. The average molecular weight is 360 g/mol. The van der Waals surface area contributed by atoms with E-state index in [0.29, 0.717) is 5.69 Å². The molecular weight excluding hydrogens is 340 g/mol. The molecule has 0 aliphatic heterocycles. The van der Waals surface area contributed by atoms with Crippen LogP contribution in [0.25, 0.3) is 11.1 Å². The van der Waals surface area contributed by atoms with Crippen LogP contribution in [0.5, 0.6) is 0 Å². The number of anilines is 1. The lowest BCUT2D eigenvalue weighted by Crippen LogP contribution is -2.38.